The van der Waals surface area contributed by atoms with Gasteiger partial charge in [0.1, 0.15) is 5.75 Å². The number of fused-ring (bicyclic) bond motifs is 1. The average Bonchev–Trinajstić information content (AvgIpc) is 2.99. The SMILES string of the molecule is CCC(C)(C)c1ccc2c(c1)N(Cc1cccc(C(=O)N3CCN(C/C=C/c4ccccc4)CC3)c1)C(=O)CO2. The van der Waals surface area contributed by atoms with E-state index in [2.05, 4.69) is 62.1 Å². The number of piperazine rings is 1. The Bertz CT molecular complexity index is 1370. The minimum Gasteiger partial charge on any atom is -0.482 e. The Kier molecular flexibility index (Phi) is 8.36. The second kappa shape index (κ2) is 12.1. The molecule has 0 unspecified atom stereocenters. The summed E-state index contributed by atoms with van der Waals surface area (Å²) >= 11 is 0. The van der Waals surface area contributed by atoms with Crippen LogP contribution in [0.15, 0.2) is 78.9 Å². The van der Waals surface area contributed by atoms with E-state index >= 15 is 0 Å². The van der Waals surface area contributed by atoms with Crippen LogP contribution in [-0.4, -0.2) is 60.9 Å². The second-order valence-corrected chi connectivity index (χ2v) is 11.3. The van der Waals surface area contributed by atoms with Gasteiger partial charge >= 0.3 is 0 Å². The molecule has 208 valence electrons. The lowest BCUT2D eigenvalue weighted by atomic mass is 9.82. The highest BCUT2D eigenvalue weighted by atomic mass is 16.5. The van der Waals surface area contributed by atoms with Gasteiger partial charge < -0.3 is 14.5 Å². The van der Waals surface area contributed by atoms with Crippen molar-refractivity contribution in [3.05, 3.63) is 101 Å². The first kappa shape index (κ1) is 27.7. The predicted molar refractivity (Wildman–Crippen MR) is 161 cm³/mol. The minimum absolute atomic E-state index is 0.00423. The van der Waals surface area contributed by atoms with Crippen molar-refractivity contribution in [1.82, 2.24) is 9.80 Å². The molecule has 0 aromatic heterocycles. The molecule has 1 fully saturated rings. The molecule has 0 atom stereocenters. The van der Waals surface area contributed by atoms with Crippen molar-refractivity contribution in [3.63, 3.8) is 0 Å². The van der Waals surface area contributed by atoms with Crippen molar-refractivity contribution < 1.29 is 14.3 Å². The third-order valence-electron chi connectivity index (χ3n) is 8.21. The highest BCUT2D eigenvalue weighted by Gasteiger charge is 2.29. The maximum Gasteiger partial charge on any atom is 0.265 e. The number of hydrogen-bond donors (Lipinski definition) is 0. The zero-order valence-electron chi connectivity index (χ0n) is 23.8. The molecule has 2 heterocycles. The van der Waals surface area contributed by atoms with E-state index in [0.29, 0.717) is 25.2 Å². The van der Waals surface area contributed by atoms with Gasteiger partial charge in [-0.3, -0.25) is 14.5 Å². The Morgan fingerprint density at radius 3 is 2.48 bits per heavy atom. The van der Waals surface area contributed by atoms with Gasteiger partial charge in [-0.2, -0.15) is 0 Å². The largest absolute Gasteiger partial charge is 0.482 e. The summed E-state index contributed by atoms with van der Waals surface area (Å²) in [5, 5.41) is 0. The van der Waals surface area contributed by atoms with Crippen LogP contribution in [0.25, 0.3) is 6.08 Å². The van der Waals surface area contributed by atoms with Crippen molar-refractivity contribution >= 4 is 23.6 Å². The van der Waals surface area contributed by atoms with E-state index < -0.39 is 0 Å². The lowest BCUT2D eigenvalue weighted by Crippen LogP contribution is -2.48. The van der Waals surface area contributed by atoms with Crippen LogP contribution in [-0.2, 0) is 16.8 Å². The molecule has 0 aliphatic carbocycles. The zero-order chi connectivity index (χ0) is 28.1. The van der Waals surface area contributed by atoms with E-state index in [1.165, 1.54) is 11.1 Å². The van der Waals surface area contributed by atoms with Gasteiger partial charge in [-0.1, -0.05) is 81.5 Å². The molecule has 2 aliphatic rings. The van der Waals surface area contributed by atoms with Crippen LogP contribution in [0.2, 0.25) is 0 Å². The first-order chi connectivity index (χ1) is 19.3. The molecule has 40 heavy (non-hydrogen) atoms. The molecule has 6 nitrogen and oxygen atoms in total. The van der Waals surface area contributed by atoms with Crippen LogP contribution in [0.3, 0.4) is 0 Å². The van der Waals surface area contributed by atoms with E-state index in [-0.39, 0.29) is 23.8 Å². The van der Waals surface area contributed by atoms with Gasteiger partial charge in [-0.25, -0.2) is 0 Å². The highest BCUT2D eigenvalue weighted by Crippen LogP contribution is 2.38. The Balaban J connectivity index is 1.23. The first-order valence-corrected chi connectivity index (χ1v) is 14.2. The van der Waals surface area contributed by atoms with E-state index in [4.69, 9.17) is 4.74 Å². The highest BCUT2D eigenvalue weighted by molar-refractivity contribution is 5.98. The Morgan fingerprint density at radius 1 is 0.950 bits per heavy atom. The third-order valence-corrected chi connectivity index (χ3v) is 8.21. The lowest BCUT2D eigenvalue weighted by molar-refractivity contribution is -0.121. The summed E-state index contributed by atoms with van der Waals surface area (Å²) in [6.45, 7) is 11.0. The summed E-state index contributed by atoms with van der Waals surface area (Å²) in [5.74, 6) is 0.689. The number of rotatable bonds is 8. The fraction of sp³-hybridized carbons (Fsp3) is 0.353. The molecule has 5 rings (SSSR count). The molecule has 0 radical (unpaired) electrons. The quantitative estimate of drug-likeness (QED) is 0.366. The Morgan fingerprint density at radius 2 is 1.73 bits per heavy atom. The molecule has 2 amide bonds. The smallest absolute Gasteiger partial charge is 0.265 e. The number of anilines is 1. The standard InChI is InChI=1S/C34H39N3O3/c1-4-34(2,3)29-15-16-31-30(23-29)37(32(38)25-40-31)24-27-12-8-14-28(22-27)33(39)36-20-18-35(19-21-36)17-9-13-26-10-6-5-7-11-26/h5-16,22-23H,4,17-21,24-25H2,1-3H3/b13-9+. The number of nitrogens with zero attached hydrogens (tertiary/aromatic N) is 3. The topological polar surface area (TPSA) is 53.1 Å². The van der Waals surface area contributed by atoms with Gasteiger partial charge in [-0.15, -0.1) is 0 Å². The maximum absolute atomic E-state index is 13.4. The summed E-state index contributed by atoms with van der Waals surface area (Å²) in [7, 11) is 0. The van der Waals surface area contributed by atoms with Gasteiger partial charge in [0.15, 0.2) is 6.61 Å². The number of benzene rings is 3. The van der Waals surface area contributed by atoms with Gasteiger partial charge in [0.25, 0.3) is 11.8 Å². The third kappa shape index (κ3) is 6.28. The number of amides is 2. The fourth-order valence-corrected chi connectivity index (χ4v) is 5.20. The molecular weight excluding hydrogens is 498 g/mol. The van der Waals surface area contributed by atoms with Crippen molar-refractivity contribution in [1.29, 1.82) is 0 Å². The zero-order valence-corrected chi connectivity index (χ0v) is 23.8. The molecule has 0 saturated carbocycles. The maximum atomic E-state index is 13.4. The average molecular weight is 538 g/mol. The van der Waals surface area contributed by atoms with Crippen molar-refractivity contribution in [2.24, 2.45) is 0 Å². The molecule has 3 aromatic rings. The van der Waals surface area contributed by atoms with Crippen molar-refractivity contribution in [3.8, 4) is 5.75 Å². The summed E-state index contributed by atoms with van der Waals surface area (Å²) < 4.78 is 5.74. The Labute approximate surface area is 237 Å². The molecule has 3 aromatic carbocycles. The number of ether oxygens (including phenoxy) is 1. The Hall–Kier alpha value is -3.90. The normalized spacial score (nSPS) is 16.2. The molecule has 0 N–H and O–H groups in total. The summed E-state index contributed by atoms with van der Waals surface area (Å²) in [6.07, 6.45) is 5.32. The van der Waals surface area contributed by atoms with E-state index in [1.54, 1.807) is 4.90 Å². The summed E-state index contributed by atoms with van der Waals surface area (Å²) in [4.78, 5) is 32.5. The predicted octanol–water partition coefficient (Wildman–Crippen LogP) is 5.77. The molecule has 0 spiro atoms. The molecule has 6 heteroatoms. The van der Waals surface area contributed by atoms with Crippen LogP contribution in [0.1, 0.15) is 54.2 Å². The number of hydrogen-bond acceptors (Lipinski definition) is 4. The molecule has 1 saturated heterocycles. The summed E-state index contributed by atoms with van der Waals surface area (Å²) in [5.41, 5.74) is 4.76. The molecular formula is C34H39N3O3. The fourth-order valence-electron chi connectivity index (χ4n) is 5.20. The van der Waals surface area contributed by atoms with Crippen molar-refractivity contribution in [2.45, 2.75) is 39.2 Å². The lowest BCUT2D eigenvalue weighted by Gasteiger charge is -2.34. The van der Waals surface area contributed by atoms with Gasteiger partial charge in [0.2, 0.25) is 0 Å². The van der Waals surface area contributed by atoms with Crippen molar-refractivity contribution in [2.75, 3.05) is 44.2 Å². The van der Waals surface area contributed by atoms with Gasteiger partial charge in [-0.05, 0) is 52.8 Å². The van der Waals surface area contributed by atoms with Crippen LogP contribution in [0, 0.1) is 0 Å². The van der Waals surface area contributed by atoms with Gasteiger partial charge in [0, 0.05) is 38.3 Å². The number of carbonyl (C=O) groups is 2. The van der Waals surface area contributed by atoms with Crippen LogP contribution < -0.4 is 9.64 Å². The van der Waals surface area contributed by atoms with Gasteiger partial charge in [0.05, 0.1) is 12.2 Å². The first-order valence-electron chi connectivity index (χ1n) is 14.2. The number of carbonyl (C=O) groups excluding carboxylic acids is 2. The monoisotopic (exact) mass is 537 g/mol. The van der Waals surface area contributed by atoms with Crippen LogP contribution >= 0.6 is 0 Å². The van der Waals surface area contributed by atoms with Crippen LogP contribution in [0.4, 0.5) is 5.69 Å². The molecule has 2 aliphatic heterocycles. The van der Waals surface area contributed by atoms with E-state index in [9.17, 15) is 9.59 Å². The minimum atomic E-state index is -0.0758. The van der Waals surface area contributed by atoms with E-state index in [1.807, 2.05) is 53.4 Å². The van der Waals surface area contributed by atoms with Crippen LogP contribution in [0.5, 0.6) is 5.75 Å². The second-order valence-electron chi connectivity index (χ2n) is 11.3. The molecule has 0 bridgehead atoms. The van der Waals surface area contributed by atoms with E-state index in [0.717, 1.165) is 43.1 Å². The summed E-state index contributed by atoms with van der Waals surface area (Å²) in [6, 6.07) is 24.1.